The Morgan fingerprint density at radius 2 is 2.10 bits per heavy atom. The molecule has 1 aliphatic heterocycles. The average Bonchev–Trinajstić information content (AvgIpc) is 3.46. The largest absolute Gasteiger partial charge is 0.461 e. The average molecular weight is 529 g/mol. The summed E-state index contributed by atoms with van der Waals surface area (Å²) in [6, 6.07) is 7.47. The molecule has 11 heteroatoms. The molecule has 8 nitrogen and oxygen atoms in total. The number of guanidine groups is 1. The zero-order valence-electron chi connectivity index (χ0n) is 16.2. The molecule has 4 rings (SSSR count). The number of aromatic nitrogens is 3. The van der Waals surface area contributed by atoms with E-state index >= 15 is 0 Å². The molecule has 1 aromatic carbocycles. The van der Waals surface area contributed by atoms with Crippen molar-refractivity contribution in [3.05, 3.63) is 54.1 Å². The number of halogens is 3. The first-order valence-electron chi connectivity index (χ1n) is 9.25. The van der Waals surface area contributed by atoms with Crippen LogP contribution in [-0.2, 0) is 6.54 Å². The second-order valence-electron chi connectivity index (χ2n) is 6.65. The van der Waals surface area contributed by atoms with Gasteiger partial charge in [-0.2, -0.15) is 0 Å². The number of hydrogen-bond acceptors (Lipinski definition) is 5. The molecule has 1 fully saturated rings. The number of furan rings is 1. The van der Waals surface area contributed by atoms with Crippen LogP contribution in [0.5, 0.6) is 0 Å². The summed E-state index contributed by atoms with van der Waals surface area (Å²) in [4.78, 5) is 10.3. The Morgan fingerprint density at radius 1 is 1.30 bits per heavy atom. The van der Waals surface area contributed by atoms with Gasteiger partial charge in [-0.05, 0) is 30.7 Å². The quantitative estimate of drug-likeness (QED) is 0.268. The monoisotopic (exact) mass is 529 g/mol. The number of benzene rings is 1. The van der Waals surface area contributed by atoms with Crippen LogP contribution >= 0.6 is 24.0 Å². The standard InChI is InChI=1S/C19H21F2N7O.HI/c1-22-19(23-10-16-25-18(27-26-16)15-6-3-9-29-15)24-12-7-8-28(11-12)17-13(20)4-2-5-14(17)21;/h2-6,9,12H,7-8,10-11H2,1H3,(H2,22,23,24)(H,25,26,27);1H. The van der Waals surface area contributed by atoms with Crippen LogP contribution in [0.15, 0.2) is 46.0 Å². The van der Waals surface area contributed by atoms with E-state index in [0.29, 0.717) is 43.0 Å². The minimum absolute atomic E-state index is 0. The van der Waals surface area contributed by atoms with E-state index in [2.05, 4.69) is 30.8 Å². The first-order valence-corrected chi connectivity index (χ1v) is 9.25. The molecule has 0 amide bonds. The molecular weight excluding hydrogens is 507 g/mol. The van der Waals surface area contributed by atoms with Crippen LogP contribution in [0.1, 0.15) is 12.2 Å². The second-order valence-corrected chi connectivity index (χ2v) is 6.65. The minimum atomic E-state index is -0.550. The Bertz CT molecular complexity index is 972. The van der Waals surface area contributed by atoms with Gasteiger partial charge >= 0.3 is 0 Å². The van der Waals surface area contributed by atoms with Crippen LogP contribution in [0.2, 0.25) is 0 Å². The third kappa shape index (κ3) is 4.89. The fourth-order valence-corrected chi connectivity index (χ4v) is 3.32. The molecule has 3 N–H and O–H groups in total. The molecule has 3 aromatic rings. The fraction of sp³-hybridized carbons (Fsp3) is 0.316. The van der Waals surface area contributed by atoms with Crippen LogP contribution in [0.25, 0.3) is 11.6 Å². The Labute approximate surface area is 189 Å². The molecule has 30 heavy (non-hydrogen) atoms. The molecule has 0 bridgehead atoms. The Hall–Kier alpha value is -2.70. The number of aromatic amines is 1. The zero-order valence-corrected chi connectivity index (χ0v) is 18.6. The van der Waals surface area contributed by atoms with E-state index in [-0.39, 0.29) is 35.7 Å². The molecule has 160 valence electrons. The summed E-state index contributed by atoms with van der Waals surface area (Å²) < 4.78 is 33.3. The molecule has 0 spiro atoms. The highest BCUT2D eigenvalue weighted by Gasteiger charge is 2.27. The van der Waals surface area contributed by atoms with Gasteiger partial charge in [-0.1, -0.05) is 6.07 Å². The predicted octanol–water partition coefficient (Wildman–Crippen LogP) is 2.90. The number of rotatable bonds is 5. The number of para-hydroxylation sites is 1. The summed E-state index contributed by atoms with van der Waals surface area (Å²) >= 11 is 0. The van der Waals surface area contributed by atoms with E-state index in [4.69, 9.17) is 4.42 Å². The van der Waals surface area contributed by atoms with Crippen molar-refractivity contribution >= 4 is 35.6 Å². The van der Waals surface area contributed by atoms with Gasteiger partial charge in [-0.25, -0.2) is 13.8 Å². The summed E-state index contributed by atoms with van der Waals surface area (Å²) in [6.45, 7) is 1.41. The Morgan fingerprint density at radius 3 is 2.80 bits per heavy atom. The number of anilines is 1. The molecule has 0 saturated carbocycles. The number of H-pyrrole nitrogens is 1. The molecule has 2 aromatic heterocycles. The van der Waals surface area contributed by atoms with Crippen molar-refractivity contribution < 1.29 is 13.2 Å². The zero-order chi connectivity index (χ0) is 20.2. The SMILES string of the molecule is CN=C(NCc1nc(-c2ccco2)n[nH]1)NC1CCN(c2c(F)cccc2F)C1.I. The Balaban J connectivity index is 0.00000256. The third-order valence-corrected chi connectivity index (χ3v) is 4.70. The molecule has 1 aliphatic rings. The lowest BCUT2D eigenvalue weighted by atomic mass is 10.2. The van der Waals surface area contributed by atoms with Gasteiger partial charge < -0.3 is 20.0 Å². The van der Waals surface area contributed by atoms with Crippen LogP contribution in [0, 0.1) is 11.6 Å². The van der Waals surface area contributed by atoms with Crippen LogP contribution in [-0.4, -0.2) is 47.3 Å². The molecular formula is C19H22F2IN7O. The second kappa shape index (κ2) is 9.87. The molecule has 0 aliphatic carbocycles. The maximum absolute atomic E-state index is 14.0. The maximum Gasteiger partial charge on any atom is 0.216 e. The number of aliphatic imine (C=N–C) groups is 1. The van der Waals surface area contributed by atoms with Crippen molar-refractivity contribution in [2.75, 3.05) is 25.0 Å². The molecule has 1 atom stereocenters. The van der Waals surface area contributed by atoms with Gasteiger partial charge in [-0.3, -0.25) is 10.1 Å². The van der Waals surface area contributed by atoms with Gasteiger partial charge in [0.2, 0.25) is 5.82 Å². The summed E-state index contributed by atoms with van der Waals surface area (Å²) in [5, 5.41) is 13.4. The predicted molar refractivity (Wildman–Crippen MR) is 120 cm³/mol. The van der Waals surface area contributed by atoms with Crippen molar-refractivity contribution in [3.8, 4) is 11.6 Å². The number of nitrogens with one attached hydrogen (secondary N) is 3. The molecule has 1 saturated heterocycles. The van der Waals surface area contributed by atoms with Gasteiger partial charge in [0.05, 0.1) is 12.8 Å². The van der Waals surface area contributed by atoms with Gasteiger partial charge in [0.25, 0.3) is 0 Å². The van der Waals surface area contributed by atoms with E-state index in [1.165, 1.54) is 18.2 Å². The lowest BCUT2D eigenvalue weighted by Crippen LogP contribution is -2.44. The summed E-state index contributed by atoms with van der Waals surface area (Å²) in [7, 11) is 1.66. The van der Waals surface area contributed by atoms with Crippen molar-refractivity contribution in [3.63, 3.8) is 0 Å². The highest BCUT2D eigenvalue weighted by Crippen LogP contribution is 2.26. The summed E-state index contributed by atoms with van der Waals surface area (Å²) in [5.41, 5.74) is 0.0202. The van der Waals surface area contributed by atoms with Crippen LogP contribution in [0.3, 0.4) is 0 Å². The van der Waals surface area contributed by atoms with Gasteiger partial charge in [0, 0.05) is 26.2 Å². The van der Waals surface area contributed by atoms with Crippen LogP contribution < -0.4 is 15.5 Å². The topological polar surface area (TPSA) is 94.4 Å². The van der Waals surface area contributed by atoms with Gasteiger partial charge in [0.15, 0.2) is 11.7 Å². The maximum atomic E-state index is 14.0. The van der Waals surface area contributed by atoms with Crippen molar-refractivity contribution in [2.24, 2.45) is 4.99 Å². The van der Waals surface area contributed by atoms with Crippen molar-refractivity contribution in [1.29, 1.82) is 0 Å². The van der Waals surface area contributed by atoms with Crippen molar-refractivity contribution in [1.82, 2.24) is 25.8 Å². The lowest BCUT2D eigenvalue weighted by molar-refractivity contribution is 0.575. The highest BCUT2D eigenvalue weighted by atomic mass is 127. The number of hydrogen-bond donors (Lipinski definition) is 3. The highest BCUT2D eigenvalue weighted by molar-refractivity contribution is 14.0. The van der Waals surface area contributed by atoms with E-state index in [1.54, 1.807) is 30.3 Å². The minimum Gasteiger partial charge on any atom is -0.461 e. The third-order valence-electron chi connectivity index (χ3n) is 4.70. The van der Waals surface area contributed by atoms with Crippen molar-refractivity contribution in [2.45, 2.75) is 19.0 Å². The first-order chi connectivity index (χ1) is 14.1. The Kier molecular flexibility index (Phi) is 7.24. The lowest BCUT2D eigenvalue weighted by Gasteiger charge is -2.21. The van der Waals surface area contributed by atoms with Crippen LogP contribution in [0.4, 0.5) is 14.5 Å². The van der Waals surface area contributed by atoms with Gasteiger partial charge in [0.1, 0.15) is 23.1 Å². The molecule has 3 heterocycles. The summed E-state index contributed by atoms with van der Waals surface area (Å²) in [6.07, 6.45) is 2.30. The smallest absolute Gasteiger partial charge is 0.216 e. The first kappa shape index (κ1) is 22.0. The van der Waals surface area contributed by atoms with E-state index < -0.39 is 11.6 Å². The van der Waals surface area contributed by atoms with Gasteiger partial charge in [-0.15, -0.1) is 29.1 Å². The fourth-order valence-electron chi connectivity index (χ4n) is 3.32. The van der Waals surface area contributed by atoms with E-state index in [9.17, 15) is 8.78 Å². The number of nitrogens with zero attached hydrogens (tertiary/aromatic N) is 4. The van der Waals surface area contributed by atoms with E-state index in [1.807, 2.05) is 0 Å². The van der Waals surface area contributed by atoms with E-state index in [0.717, 1.165) is 6.42 Å². The normalized spacial score (nSPS) is 16.4. The molecule has 0 radical (unpaired) electrons. The summed E-state index contributed by atoms with van der Waals surface area (Å²) in [5.74, 6) is 1.16. The molecule has 1 unspecified atom stereocenters.